The molecule has 0 fully saturated rings. The minimum atomic E-state index is -2.86. The van der Waals surface area contributed by atoms with Crippen molar-refractivity contribution >= 4 is 5.91 Å². The first-order chi connectivity index (χ1) is 14.1. The van der Waals surface area contributed by atoms with Gasteiger partial charge in [-0.1, -0.05) is 72.8 Å². The van der Waals surface area contributed by atoms with E-state index in [0.717, 1.165) is 16.7 Å². The van der Waals surface area contributed by atoms with Crippen molar-refractivity contribution in [1.82, 2.24) is 10.6 Å². The molecule has 0 aliphatic carbocycles. The maximum Gasteiger partial charge on any atom is 0.387 e. The predicted octanol–water partition coefficient (Wildman–Crippen LogP) is 4.28. The number of hydrogen-bond acceptors (Lipinski definition) is 3. The molecule has 6 heteroatoms. The first-order valence-electron chi connectivity index (χ1n) is 9.25. The number of benzene rings is 3. The van der Waals surface area contributed by atoms with Crippen LogP contribution in [0.15, 0.2) is 84.9 Å². The van der Waals surface area contributed by atoms with Crippen LogP contribution in [-0.4, -0.2) is 19.1 Å². The Kier molecular flexibility index (Phi) is 7.30. The normalized spacial score (nSPS) is 11.8. The summed E-state index contributed by atoms with van der Waals surface area (Å²) in [4.78, 5) is 12.3. The fourth-order valence-electron chi connectivity index (χ4n) is 2.97. The van der Waals surface area contributed by atoms with Crippen molar-refractivity contribution in [3.05, 3.63) is 102 Å². The van der Waals surface area contributed by atoms with Crippen LogP contribution in [0.25, 0.3) is 0 Å². The number of rotatable bonds is 9. The number of ether oxygens (including phenoxy) is 1. The highest BCUT2D eigenvalue weighted by Gasteiger charge is 2.15. The Morgan fingerprint density at radius 3 is 2.03 bits per heavy atom. The summed E-state index contributed by atoms with van der Waals surface area (Å²) in [6, 6.07) is 25.4. The van der Waals surface area contributed by atoms with Gasteiger partial charge in [0.2, 0.25) is 5.91 Å². The Hall–Kier alpha value is -3.25. The van der Waals surface area contributed by atoms with Crippen LogP contribution in [0, 0.1) is 0 Å². The van der Waals surface area contributed by atoms with Gasteiger partial charge in [0.25, 0.3) is 0 Å². The summed E-state index contributed by atoms with van der Waals surface area (Å²) in [5.41, 5.74) is 2.83. The third-order valence-corrected chi connectivity index (χ3v) is 4.37. The zero-order valence-electron chi connectivity index (χ0n) is 15.7. The summed E-state index contributed by atoms with van der Waals surface area (Å²) in [6.07, 6.45) is 0. The number of carbonyl (C=O) groups excluding carboxylic acids is 1. The molecular formula is C23H22F2N2O2. The molecule has 0 unspecified atom stereocenters. The van der Waals surface area contributed by atoms with Gasteiger partial charge in [-0.05, 0) is 28.8 Å². The van der Waals surface area contributed by atoms with Crippen molar-refractivity contribution in [2.24, 2.45) is 0 Å². The van der Waals surface area contributed by atoms with Crippen molar-refractivity contribution in [1.29, 1.82) is 0 Å². The fourth-order valence-corrected chi connectivity index (χ4v) is 2.97. The van der Waals surface area contributed by atoms with Gasteiger partial charge in [-0.2, -0.15) is 8.78 Å². The summed E-state index contributed by atoms with van der Waals surface area (Å²) in [7, 11) is 0. The van der Waals surface area contributed by atoms with Crippen LogP contribution < -0.4 is 15.4 Å². The molecule has 0 radical (unpaired) electrons. The monoisotopic (exact) mass is 396 g/mol. The second kappa shape index (κ2) is 10.3. The Bertz CT molecular complexity index is 888. The first-order valence-corrected chi connectivity index (χ1v) is 9.25. The second-order valence-electron chi connectivity index (χ2n) is 6.43. The maximum absolute atomic E-state index is 12.4. The molecule has 1 atom stereocenters. The summed E-state index contributed by atoms with van der Waals surface area (Å²) in [5.74, 6) is -0.0383. The molecule has 0 saturated carbocycles. The average Bonchev–Trinajstić information content (AvgIpc) is 2.74. The topological polar surface area (TPSA) is 50.4 Å². The lowest BCUT2D eigenvalue weighted by Gasteiger charge is -2.20. The summed E-state index contributed by atoms with van der Waals surface area (Å²) < 4.78 is 29.1. The maximum atomic E-state index is 12.4. The smallest absolute Gasteiger partial charge is 0.387 e. The molecule has 0 spiro atoms. The van der Waals surface area contributed by atoms with Crippen molar-refractivity contribution < 1.29 is 18.3 Å². The molecule has 150 valence electrons. The van der Waals surface area contributed by atoms with Gasteiger partial charge in [0.1, 0.15) is 5.75 Å². The van der Waals surface area contributed by atoms with Crippen molar-refractivity contribution in [2.45, 2.75) is 19.2 Å². The number of hydrogen-bond donors (Lipinski definition) is 2. The molecule has 2 N–H and O–H groups in total. The third kappa shape index (κ3) is 6.40. The van der Waals surface area contributed by atoms with Crippen LogP contribution in [0.4, 0.5) is 8.78 Å². The Balaban J connectivity index is 1.65. The van der Waals surface area contributed by atoms with Crippen LogP contribution in [0.2, 0.25) is 0 Å². The number of alkyl halides is 2. The summed E-state index contributed by atoms with van der Waals surface area (Å²) >= 11 is 0. The zero-order chi connectivity index (χ0) is 20.5. The van der Waals surface area contributed by atoms with Crippen molar-refractivity contribution in [3.8, 4) is 5.75 Å². The van der Waals surface area contributed by atoms with Crippen LogP contribution in [0.5, 0.6) is 5.75 Å². The van der Waals surface area contributed by atoms with E-state index in [2.05, 4.69) is 15.4 Å². The van der Waals surface area contributed by atoms with Gasteiger partial charge in [-0.3, -0.25) is 10.1 Å². The first kappa shape index (κ1) is 20.5. The average molecular weight is 396 g/mol. The molecule has 3 rings (SSSR count). The second-order valence-corrected chi connectivity index (χ2v) is 6.43. The van der Waals surface area contributed by atoms with E-state index in [1.165, 1.54) is 12.1 Å². The highest BCUT2D eigenvalue weighted by atomic mass is 19.3. The standard InChI is InChI=1S/C23H22F2N2O2/c24-23(25)29-20-13-11-19(12-14-20)22(18-9-5-2-6-10-18)27-16-21(28)26-15-17-7-3-1-4-8-17/h1-14,22-23,27H,15-16H2,(H,26,28)/t22-/m0/s1. The van der Waals surface area contributed by atoms with E-state index < -0.39 is 6.61 Å². The number of nitrogens with one attached hydrogen (secondary N) is 2. The Morgan fingerprint density at radius 2 is 1.41 bits per heavy atom. The molecule has 0 bridgehead atoms. The van der Waals surface area contributed by atoms with Crippen molar-refractivity contribution in [3.63, 3.8) is 0 Å². The third-order valence-electron chi connectivity index (χ3n) is 4.37. The molecular weight excluding hydrogens is 374 g/mol. The number of carbonyl (C=O) groups is 1. The Morgan fingerprint density at radius 1 is 0.828 bits per heavy atom. The largest absolute Gasteiger partial charge is 0.435 e. The van der Waals surface area contributed by atoms with Crippen molar-refractivity contribution in [2.75, 3.05) is 6.54 Å². The minimum absolute atomic E-state index is 0.0937. The molecule has 4 nitrogen and oxygen atoms in total. The molecule has 0 aromatic heterocycles. The van der Waals surface area contributed by atoms with E-state index in [4.69, 9.17) is 0 Å². The summed E-state index contributed by atoms with van der Waals surface area (Å²) in [5, 5.41) is 6.13. The highest BCUT2D eigenvalue weighted by Crippen LogP contribution is 2.24. The predicted molar refractivity (Wildman–Crippen MR) is 108 cm³/mol. The van der Waals surface area contributed by atoms with E-state index in [0.29, 0.717) is 6.54 Å². The quantitative estimate of drug-likeness (QED) is 0.568. The minimum Gasteiger partial charge on any atom is -0.435 e. The number of halogens is 2. The van der Waals surface area contributed by atoms with Gasteiger partial charge in [-0.25, -0.2) is 0 Å². The molecule has 0 aliphatic heterocycles. The molecule has 3 aromatic rings. The lowest BCUT2D eigenvalue weighted by molar-refractivity contribution is -0.120. The lowest BCUT2D eigenvalue weighted by atomic mass is 9.98. The van der Waals surface area contributed by atoms with Gasteiger partial charge < -0.3 is 10.1 Å². The Labute approximate surface area is 168 Å². The molecule has 29 heavy (non-hydrogen) atoms. The van der Waals surface area contributed by atoms with Gasteiger partial charge in [0, 0.05) is 6.54 Å². The molecule has 0 aliphatic rings. The molecule has 0 saturated heterocycles. The molecule has 1 amide bonds. The zero-order valence-corrected chi connectivity index (χ0v) is 15.7. The van der Waals surface area contributed by atoms with E-state index >= 15 is 0 Å². The van der Waals surface area contributed by atoms with E-state index in [1.807, 2.05) is 60.7 Å². The number of amides is 1. The lowest BCUT2D eigenvalue weighted by Crippen LogP contribution is -2.35. The van der Waals surface area contributed by atoms with Crippen LogP contribution in [-0.2, 0) is 11.3 Å². The van der Waals surface area contributed by atoms with Gasteiger partial charge in [-0.15, -0.1) is 0 Å². The SMILES string of the molecule is O=C(CN[C@@H](c1ccccc1)c1ccc(OC(F)F)cc1)NCc1ccccc1. The van der Waals surface area contributed by atoms with Gasteiger partial charge in [0.05, 0.1) is 12.6 Å². The van der Waals surface area contributed by atoms with Gasteiger partial charge in [0.15, 0.2) is 0 Å². The summed E-state index contributed by atoms with van der Waals surface area (Å²) in [6.45, 7) is -2.30. The molecule has 0 heterocycles. The fraction of sp³-hybridized carbons (Fsp3) is 0.174. The van der Waals surface area contributed by atoms with Crippen LogP contribution in [0.1, 0.15) is 22.7 Å². The van der Waals surface area contributed by atoms with E-state index in [1.54, 1.807) is 12.1 Å². The van der Waals surface area contributed by atoms with Gasteiger partial charge >= 0.3 is 6.61 Å². The van der Waals surface area contributed by atoms with E-state index in [9.17, 15) is 13.6 Å². The molecule has 3 aromatic carbocycles. The van der Waals surface area contributed by atoms with Crippen LogP contribution >= 0.6 is 0 Å². The van der Waals surface area contributed by atoms with E-state index in [-0.39, 0.29) is 24.2 Å². The highest BCUT2D eigenvalue weighted by molar-refractivity contribution is 5.78. The van der Waals surface area contributed by atoms with Crippen LogP contribution in [0.3, 0.4) is 0 Å².